The highest BCUT2D eigenvalue weighted by Crippen LogP contribution is 2.34. The molecular weight excluding hydrogens is 385 g/mol. The zero-order chi connectivity index (χ0) is 21.2. The molecule has 2 fully saturated rings. The summed E-state index contributed by atoms with van der Waals surface area (Å²) in [5.41, 5.74) is 0.562. The van der Waals surface area contributed by atoms with E-state index in [-0.39, 0.29) is 23.2 Å². The van der Waals surface area contributed by atoms with Gasteiger partial charge in [0.05, 0.1) is 0 Å². The van der Waals surface area contributed by atoms with Crippen LogP contribution in [0.5, 0.6) is 0 Å². The summed E-state index contributed by atoms with van der Waals surface area (Å²) in [5, 5.41) is 8.61. The Hall–Kier alpha value is -2.15. The lowest BCUT2D eigenvalue weighted by Gasteiger charge is -2.38. The van der Waals surface area contributed by atoms with Crippen molar-refractivity contribution in [3.63, 3.8) is 0 Å². The fraction of sp³-hybridized carbons (Fsp3) is 0.652. The highest BCUT2D eigenvalue weighted by atomic mass is 19.1. The van der Waals surface area contributed by atoms with Crippen molar-refractivity contribution in [1.82, 2.24) is 16.0 Å². The Bertz CT molecular complexity index is 701. The van der Waals surface area contributed by atoms with Crippen LogP contribution in [0.3, 0.4) is 0 Å². The Balaban J connectivity index is 1.39. The highest BCUT2D eigenvalue weighted by Gasteiger charge is 2.35. The molecule has 3 rings (SSSR count). The van der Waals surface area contributed by atoms with E-state index in [0.717, 1.165) is 31.2 Å². The molecule has 0 radical (unpaired) electrons. The van der Waals surface area contributed by atoms with Crippen molar-refractivity contribution in [1.29, 1.82) is 0 Å². The smallest absolute Gasteiger partial charge is 0.314 e. The maximum absolute atomic E-state index is 13.7. The number of benzene rings is 1. The quantitative estimate of drug-likeness (QED) is 0.566. The van der Waals surface area contributed by atoms with Crippen LogP contribution in [0.25, 0.3) is 0 Å². The largest absolute Gasteiger partial charge is 0.381 e. The van der Waals surface area contributed by atoms with Crippen LogP contribution in [0, 0.1) is 11.7 Å². The first-order valence-electron chi connectivity index (χ1n) is 11.2. The van der Waals surface area contributed by atoms with Crippen LogP contribution in [-0.4, -0.2) is 44.8 Å². The fourth-order valence-electron chi connectivity index (χ4n) is 4.56. The zero-order valence-corrected chi connectivity index (χ0v) is 17.7. The third-order valence-electron chi connectivity index (χ3n) is 6.41. The van der Waals surface area contributed by atoms with Crippen LogP contribution in [0.1, 0.15) is 56.9 Å². The van der Waals surface area contributed by atoms with E-state index in [4.69, 9.17) is 4.74 Å². The first-order chi connectivity index (χ1) is 14.6. The molecule has 1 saturated heterocycles. The molecule has 0 atom stereocenters. The Labute approximate surface area is 178 Å². The lowest BCUT2D eigenvalue weighted by molar-refractivity contribution is -0.122. The maximum atomic E-state index is 13.7. The van der Waals surface area contributed by atoms with Crippen LogP contribution < -0.4 is 16.0 Å². The lowest BCUT2D eigenvalue weighted by atomic mass is 9.74. The molecule has 7 heteroatoms. The third kappa shape index (κ3) is 6.69. The molecule has 0 unspecified atom stereocenters. The van der Waals surface area contributed by atoms with E-state index in [2.05, 4.69) is 16.0 Å². The zero-order valence-electron chi connectivity index (χ0n) is 17.7. The summed E-state index contributed by atoms with van der Waals surface area (Å²) in [4.78, 5) is 24.3. The van der Waals surface area contributed by atoms with Crippen LogP contribution in [0.2, 0.25) is 0 Å². The van der Waals surface area contributed by atoms with E-state index in [1.165, 1.54) is 25.3 Å². The average Bonchev–Trinajstić information content (AvgIpc) is 2.77. The van der Waals surface area contributed by atoms with Gasteiger partial charge in [-0.2, -0.15) is 0 Å². The molecular formula is C23H34FN3O3. The average molecular weight is 420 g/mol. The minimum Gasteiger partial charge on any atom is -0.381 e. The summed E-state index contributed by atoms with van der Waals surface area (Å²) in [7, 11) is 0. The monoisotopic (exact) mass is 419 g/mol. The number of rotatable bonds is 8. The predicted molar refractivity (Wildman–Crippen MR) is 114 cm³/mol. The Morgan fingerprint density at radius 3 is 2.50 bits per heavy atom. The number of carbonyl (C=O) groups is 2. The fourth-order valence-corrected chi connectivity index (χ4v) is 4.56. The van der Waals surface area contributed by atoms with Gasteiger partial charge in [-0.25, -0.2) is 9.18 Å². The minimum atomic E-state index is -0.327. The van der Waals surface area contributed by atoms with Gasteiger partial charge in [-0.15, -0.1) is 0 Å². The molecule has 1 aromatic rings. The summed E-state index contributed by atoms with van der Waals surface area (Å²) in [6.07, 6.45) is 8.07. The van der Waals surface area contributed by atoms with Crippen molar-refractivity contribution in [2.24, 2.45) is 5.92 Å². The summed E-state index contributed by atoms with van der Waals surface area (Å²) >= 11 is 0. The second-order valence-electron chi connectivity index (χ2n) is 8.57. The van der Waals surface area contributed by atoms with Gasteiger partial charge in [0.15, 0.2) is 0 Å². The van der Waals surface area contributed by atoms with Crippen molar-refractivity contribution in [2.75, 3.05) is 32.8 Å². The van der Waals surface area contributed by atoms with E-state index in [1.807, 2.05) is 6.07 Å². The lowest BCUT2D eigenvalue weighted by Crippen LogP contribution is -2.48. The molecule has 6 nitrogen and oxygen atoms in total. The van der Waals surface area contributed by atoms with E-state index < -0.39 is 0 Å². The molecule has 0 aromatic heterocycles. The molecule has 1 aromatic carbocycles. The standard InChI is InChI=1S/C23H34FN3O3/c24-20-8-4-7-19(16-20)23(9-13-30-14-10-23)17-27-22(29)26-12-11-25-21(28)15-18-5-2-1-3-6-18/h4,7-8,16,18H,1-3,5-6,9-15,17H2,(H,25,28)(H2,26,27,29). The second kappa shape index (κ2) is 11.3. The van der Waals surface area contributed by atoms with E-state index in [1.54, 1.807) is 12.1 Å². The van der Waals surface area contributed by atoms with Gasteiger partial charge in [-0.05, 0) is 49.3 Å². The number of hydrogen-bond donors (Lipinski definition) is 3. The first kappa shape index (κ1) is 22.5. The normalized spacial score (nSPS) is 19.1. The van der Waals surface area contributed by atoms with Gasteiger partial charge in [0.1, 0.15) is 5.82 Å². The van der Waals surface area contributed by atoms with Crippen molar-refractivity contribution in [3.8, 4) is 0 Å². The minimum absolute atomic E-state index is 0.0661. The summed E-state index contributed by atoms with van der Waals surface area (Å²) in [6, 6.07) is 6.32. The molecule has 1 aliphatic carbocycles. The maximum Gasteiger partial charge on any atom is 0.314 e. The van der Waals surface area contributed by atoms with Gasteiger partial charge < -0.3 is 20.7 Å². The molecule has 1 heterocycles. The number of halogens is 1. The number of urea groups is 1. The topological polar surface area (TPSA) is 79.5 Å². The SMILES string of the molecule is O=C(CC1CCCCC1)NCCNC(=O)NCC1(c2cccc(F)c2)CCOCC1. The van der Waals surface area contributed by atoms with Crippen molar-refractivity contribution in [3.05, 3.63) is 35.6 Å². The van der Waals surface area contributed by atoms with Gasteiger partial charge in [0.25, 0.3) is 0 Å². The van der Waals surface area contributed by atoms with Gasteiger partial charge in [-0.1, -0.05) is 31.4 Å². The third-order valence-corrected chi connectivity index (χ3v) is 6.41. The predicted octanol–water partition coefficient (Wildman–Crippen LogP) is 3.26. The Morgan fingerprint density at radius 2 is 1.77 bits per heavy atom. The molecule has 0 bridgehead atoms. The summed E-state index contributed by atoms with van der Waals surface area (Å²) in [6.45, 7) is 2.39. The van der Waals surface area contributed by atoms with E-state index in [0.29, 0.717) is 45.2 Å². The Morgan fingerprint density at radius 1 is 1.03 bits per heavy atom. The molecule has 1 saturated carbocycles. The van der Waals surface area contributed by atoms with Crippen LogP contribution in [0.15, 0.2) is 24.3 Å². The van der Waals surface area contributed by atoms with Crippen LogP contribution in [-0.2, 0) is 14.9 Å². The number of nitrogens with one attached hydrogen (secondary N) is 3. The number of amides is 3. The summed E-state index contributed by atoms with van der Waals surface area (Å²) in [5.74, 6) is 0.302. The van der Waals surface area contributed by atoms with Crippen molar-refractivity contribution in [2.45, 2.75) is 56.8 Å². The van der Waals surface area contributed by atoms with Gasteiger partial charge in [0.2, 0.25) is 5.91 Å². The van der Waals surface area contributed by atoms with Crippen LogP contribution in [0.4, 0.5) is 9.18 Å². The number of hydrogen-bond acceptors (Lipinski definition) is 3. The van der Waals surface area contributed by atoms with Gasteiger partial charge in [-0.3, -0.25) is 4.79 Å². The van der Waals surface area contributed by atoms with E-state index in [9.17, 15) is 14.0 Å². The second-order valence-corrected chi connectivity index (χ2v) is 8.57. The first-order valence-corrected chi connectivity index (χ1v) is 11.2. The summed E-state index contributed by atoms with van der Waals surface area (Å²) < 4.78 is 19.2. The van der Waals surface area contributed by atoms with Crippen molar-refractivity contribution < 1.29 is 18.7 Å². The number of carbonyl (C=O) groups excluding carboxylic acids is 2. The van der Waals surface area contributed by atoms with E-state index >= 15 is 0 Å². The Kier molecular flexibility index (Phi) is 8.49. The van der Waals surface area contributed by atoms with Crippen molar-refractivity contribution >= 4 is 11.9 Å². The molecule has 2 aliphatic rings. The molecule has 1 aliphatic heterocycles. The number of ether oxygens (including phenoxy) is 1. The molecule has 3 N–H and O–H groups in total. The van der Waals surface area contributed by atoms with Gasteiger partial charge >= 0.3 is 6.03 Å². The molecule has 0 spiro atoms. The molecule has 166 valence electrons. The molecule has 30 heavy (non-hydrogen) atoms. The van der Waals surface area contributed by atoms with Gasteiger partial charge in [0, 0.05) is 44.7 Å². The van der Waals surface area contributed by atoms with Crippen LogP contribution >= 0.6 is 0 Å². The molecule has 3 amide bonds. The highest BCUT2D eigenvalue weighted by molar-refractivity contribution is 5.76.